The van der Waals surface area contributed by atoms with Gasteiger partial charge in [0.15, 0.2) is 0 Å². The van der Waals surface area contributed by atoms with Gasteiger partial charge < -0.3 is 20.5 Å². The molecule has 0 radical (unpaired) electrons. The zero-order valence-electron chi connectivity index (χ0n) is 12.6. The van der Waals surface area contributed by atoms with E-state index < -0.39 is 0 Å². The lowest BCUT2D eigenvalue weighted by Gasteiger charge is -2.24. The number of nitrogens with two attached hydrogens (primary N) is 1. The lowest BCUT2D eigenvalue weighted by molar-refractivity contribution is 0.374. The molecule has 0 aliphatic carbocycles. The van der Waals surface area contributed by atoms with E-state index in [4.69, 9.17) is 15.2 Å². The minimum atomic E-state index is 0.236. The Labute approximate surface area is 116 Å². The Hall–Kier alpha value is -1.26. The van der Waals surface area contributed by atoms with Crippen molar-refractivity contribution in [2.45, 2.75) is 26.3 Å². The normalized spacial score (nSPS) is 14.0. The van der Waals surface area contributed by atoms with E-state index in [-0.39, 0.29) is 6.04 Å². The maximum Gasteiger partial charge on any atom is 0.127 e. The van der Waals surface area contributed by atoms with Gasteiger partial charge in [0, 0.05) is 17.7 Å². The molecular formula is C15H26N2O2. The smallest absolute Gasteiger partial charge is 0.127 e. The molecule has 0 amide bonds. The SMILES string of the molecule is CNC(CC(C)CN)c1c(C)cc(OC)cc1OC. The van der Waals surface area contributed by atoms with E-state index in [0.717, 1.165) is 17.9 Å². The first-order valence-corrected chi connectivity index (χ1v) is 6.67. The van der Waals surface area contributed by atoms with Crippen LogP contribution in [0.2, 0.25) is 0 Å². The number of hydrogen-bond acceptors (Lipinski definition) is 4. The predicted octanol–water partition coefficient (Wildman–Crippen LogP) is 2.26. The first kappa shape index (κ1) is 15.8. The third kappa shape index (κ3) is 3.85. The standard InChI is InChI=1S/C15H26N2O2/c1-10(9-16)6-13(17-3)15-11(2)7-12(18-4)8-14(15)19-5/h7-8,10,13,17H,6,9,16H2,1-5H3. The molecule has 0 aliphatic rings. The van der Waals surface area contributed by atoms with Gasteiger partial charge in [-0.25, -0.2) is 0 Å². The Morgan fingerprint density at radius 1 is 1.26 bits per heavy atom. The van der Waals surface area contributed by atoms with Crippen molar-refractivity contribution in [3.63, 3.8) is 0 Å². The first-order valence-electron chi connectivity index (χ1n) is 6.67. The molecule has 0 saturated carbocycles. The van der Waals surface area contributed by atoms with E-state index in [1.54, 1.807) is 14.2 Å². The van der Waals surface area contributed by atoms with Gasteiger partial charge >= 0.3 is 0 Å². The summed E-state index contributed by atoms with van der Waals surface area (Å²) in [6, 6.07) is 4.20. The van der Waals surface area contributed by atoms with Gasteiger partial charge in [-0.3, -0.25) is 0 Å². The summed E-state index contributed by atoms with van der Waals surface area (Å²) in [7, 11) is 5.33. The van der Waals surface area contributed by atoms with Gasteiger partial charge in [-0.15, -0.1) is 0 Å². The molecule has 0 spiro atoms. The van der Waals surface area contributed by atoms with Crippen LogP contribution in [-0.4, -0.2) is 27.8 Å². The van der Waals surface area contributed by atoms with Crippen LogP contribution in [0.1, 0.15) is 30.5 Å². The second kappa shape index (κ2) is 7.36. The van der Waals surface area contributed by atoms with Gasteiger partial charge in [0.2, 0.25) is 0 Å². The number of rotatable bonds is 7. The molecule has 0 aliphatic heterocycles. The fraction of sp³-hybridized carbons (Fsp3) is 0.600. The third-order valence-corrected chi connectivity index (χ3v) is 3.52. The summed E-state index contributed by atoms with van der Waals surface area (Å²) < 4.78 is 10.8. The van der Waals surface area contributed by atoms with E-state index in [0.29, 0.717) is 12.5 Å². The third-order valence-electron chi connectivity index (χ3n) is 3.52. The highest BCUT2D eigenvalue weighted by molar-refractivity contribution is 5.48. The van der Waals surface area contributed by atoms with Crippen LogP contribution in [0, 0.1) is 12.8 Å². The fourth-order valence-electron chi connectivity index (χ4n) is 2.35. The molecule has 0 bridgehead atoms. The summed E-state index contributed by atoms with van der Waals surface area (Å²) in [6.07, 6.45) is 0.983. The molecule has 108 valence electrons. The highest BCUT2D eigenvalue weighted by Gasteiger charge is 2.20. The summed E-state index contributed by atoms with van der Waals surface area (Å²) in [4.78, 5) is 0. The molecular weight excluding hydrogens is 240 g/mol. The first-order chi connectivity index (χ1) is 9.07. The zero-order valence-corrected chi connectivity index (χ0v) is 12.6. The topological polar surface area (TPSA) is 56.5 Å². The average Bonchev–Trinajstić information content (AvgIpc) is 2.43. The monoisotopic (exact) mass is 266 g/mol. The molecule has 0 fully saturated rings. The molecule has 1 aromatic rings. The van der Waals surface area contributed by atoms with Crippen molar-refractivity contribution < 1.29 is 9.47 Å². The average molecular weight is 266 g/mol. The number of aryl methyl sites for hydroxylation is 1. The minimum Gasteiger partial charge on any atom is -0.497 e. The lowest BCUT2D eigenvalue weighted by atomic mass is 9.92. The van der Waals surface area contributed by atoms with Crippen LogP contribution in [0.4, 0.5) is 0 Å². The summed E-state index contributed by atoms with van der Waals surface area (Å²) in [5.41, 5.74) is 8.08. The maximum atomic E-state index is 5.73. The van der Waals surface area contributed by atoms with E-state index in [1.165, 1.54) is 11.1 Å². The van der Waals surface area contributed by atoms with Gasteiger partial charge in [-0.1, -0.05) is 6.92 Å². The fourth-order valence-corrected chi connectivity index (χ4v) is 2.35. The molecule has 1 aromatic carbocycles. The molecule has 0 heterocycles. The maximum absolute atomic E-state index is 5.73. The van der Waals surface area contributed by atoms with Crippen LogP contribution in [0.15, 0.2) is 12.1 Å². The summed E-state index contributed by atoms with van der Waals surface area (Å²) in [5, 5.41) is 3.36. The molecule has 2 unspecified atom stereocenters. The second-order valence-electron chi connectivity index (χ2n) is 4.98. The van der Waals surface area contributed by atoms with Crippen molar-refractivity contribution >= 4 is 0 Å². The highest BCUT2D eigenvalue weighted by atomic mass is 16.5. The molecule has 0 saturated heterocycles. The summed E-state index contributed by atoms with van der Waals surface area (Å²) in [6.45, 7) is 4.93. The molecule has 4 nitrogen and oxygen atoms in total. The van der Waals surface area contributed by atoms with Crippen LogP contribution in [0.3, 0.4) is 0 Å². The van der Waals surface area contributed by atoms with Crippen LogP contribution in [0.5, 0.6) is 11.5 Å². The summed E-state index contributed by atoms with van der Waals surface area (Å²) >= 11 is 0. The van der Waals surface area contributed by atoms with E-state index in [2.05, 4.69) is 19.2 Å². The Kier molecular flexibility index (Phi) is 6.12. The molecule has 2 atom stereocenters. The lowest BCUT2D eigenvalue weighted by Crippen LogP contribution is -2.23. The van der Waals surface area contributed by atoms with Crippen LogP contribution in [-0.2, 0) is 0 Å². The molecule has 3 N–H and O–H groups in total. The number of nitrogens with one attached hydrogen (secondary N) is 1. The quantitative estimate of drug-likeness (QED) is 0.795. The molecule has 4 heteroatoms. The van der Waals surface area contributed by atoms with Gasteiger partial charge in [0.05, 0.1) is 14.2 Å². The Balaban J connectivity index is 3.14. The van der Waals surface area contributed by atoms with Gasteiger partial charge in [0.25, 0.3) is 0 Å². The molecule has 19 heavy (non-hydrogen) atoms. The van der Waals surface area contributed by atoms with E-state index in [1.807, 2.05) is 19.2 Å². The van der Waals surface area contributed by atoms with Crippen LogP contribution >= 0.6 is 0 Å². The second-order valence-corrected chi connectivity index (χ2v) is 4.98. The number of benzene rings is 1. The van der Waals surface area contributed by atoms with Crippen LogP contribution in [0.25, 0.3) is 0 Å². The minimum absolute atomic E-state index is 0.236. The van der Waals surface area contributed by atoms with Gasteiger partial charge in [-0.05, 0) is 44.5 Å². The Morgan fingerprint density at radius 3 is 2.42 bits per heavy atom. The Bertz CT molecular complexity index is 407. The zero-order chi connectivity index (χ0) is 14.4. The van der Waals surface area contributed by atoms with Gasteiger partial charge in [0.1, 0.15) is 11.5 Å². The van der Waals surface area contributed by atoms with Crippen molar-refractivity contribution in [1.29, 1.82) is 0 Å². The van der Waals surface area contributed by atoms with Crippen molar-refractivity contribution in [2.24, 2.45) is 11.7 Å². The largest absolute Gasteiger partial charge is 0.497 e. The molecule has 1 rings (SSSR count). The highest BCUT2D eigenvalue weighted by Crippen LogP contribution is 2.35. The number of methoxy groups -OCH3 is 2. The van der Waals surface area contributed by atoms with Crippen LogP contribution < -0.4 is 20.5 Å². The van der Waals surface area contributed by atoms with Crippen molar-refractivity contribution in [2.75, 3.05) is 27.8 Å². The predicted molar refractivity (Wildman–Crippen MR) is 78.9 cm³/mol. The van der Waals surface area contributed by atoms with Crippen molar-refractivity contribution in [3.8, 4) is 11.5 Å². The van der Waals surface area contributed by atoms with E-state index >= 15 is 0 Å². The number of ether oxygens (including phenoxy) is 2. The van der Waals surface area contributed by atoms with Crippen molar-refractivity contribution in [1.82, 2.24) is 5.32 Å². The molecule has 0 aromatic heterocycles. The summed E-state index contributed by atoms with van der Waals surface area (Å²) in [5.74, 6) is 2.14. The number of hydrogen-bond donors (Lipinski definition) is 2. The van der Waals surface area contributed by atoms with Gasteiger partial charge in [-0.2, -0.15) is 0 Å². The van der Waals surface area contributed by atoms with Crippen molar-refractivity contribution in [3.05, 3.63) is 23.3 Å². The van der Waals surface area contributed by atoms with E-state index in [9.17, 15) is 0 Å². The Morgan fingerprint density at radius 2 is 1.95 bits per heavy atom.